The van der Waals surface area contributed by atoms with Gasteiger partial charge in [0.2, 0.25) is 0 Å². The van der Waals surface area contributed by atoms with Crippen molar-refractivity contribution in [1.82, 2.24) is 15.3 Å². The molecule has 0 amide bonds. The van der Waals surface area contributed by atoms with Gasteiger partial charge in [0.05, 0.1) is 30.1 Å². The lowest BCUT2D eigenvalue weighted by molar-refractivity contribution is 0.772. The van der Waals surface area contributed by atoms with Gasteiger partial charge in [-0.3, -0.25) is 0 Å². The SMILES string of the molecule is CNCc1ncc(-c2ccc(C#N)cc2)[nH]1. The summed E-state index contributed by atoms with van der Waals surface area (Å²) < 4.78 is 0. The molecule has 0 unspecified atom stereocenters. The summed E-state index contributed by atoms with van der Waals surface area (Å²) in [6, 6.07) is 9.52. The fourth-order valence-electron chi connectivity index (χ4n) is 1.49. The molecule has 0 fully saturated rings. The molecular formula is C12H12N4. The summed E-state index contributed by atoms with van der Waals surface area (Å²) in [5, 5.41) is 11.7. The molecule has 4 heteroatoms. The molecule has 2 aromatic rings. The number of nitriles is 1. The molecule has 0 saturated heterocycles. The third-order valence-corrected chi connectivity index (χ3v) is 2.30. The molecule has 0 spiro atoms. The van der Waals surface area contributed by atoms with Gasteiger partial charge in [0.25, 0.3) is 0 Å². The van der Waals surface area contributed by atoms with E-state index in [1.165, 1.54) is 0 Å². The number of hydrogen-bond acceptors (Lipinski definition) is 3. The molecule has 1 aromatic carbocycles. The molecule has 16 heavy (non-hydrogen) atoms. The molecule has 2 N–H and O–H groups in total. The first-order valence-corrected chi connectivity index (χ1v) is 5.02. The summed E-state index contributed by atoms with van der Waals surface area (Å²) in [5.41, 5.74) is 2.67. The molecule has 0 aliphatic rings. The van der Waals surface area contributed by atoms with Crippen molar-refractivity contribution in [2.24, 2.45) is 0 Å². The second-order valence-corrected chi connectivity index (χ2v) is 3.46. The Hall–Kier alpha value is -2.12. The molecule has 0 saturated carbocycles. The molecular weight excluding hydrogens is 200 g/mol. The van der Waals surface area contributed by atoms with Gasteiger partial charge in [-0.1, -0.05) is 12.1 Å². The van der Waals surface area contributed by atoms with E-state index in [1.54, 1.807) is 18.3 Å². The van der Waals surface area contributed by atoms with E-state index < -0.39 is 0 Å². The van der Waals surface area contributed by atoms with Crippen molar-refractivity contribution < 1.29 is 0 Å². The molecule has 0 aliphatic carbocycles. The topological polar surface area (TPSA) is 64.5 Å². The molecule has 1 heterocycles. The van der Waals surface area contributed by atoms with Crippen LogP contribution in [-0.2, 0) is 6.54 Å². The molecule has 0 atom stereocenters. The highest BCUT2D eigenvalue weighted by Crippen LogP contribution is 2.17. The lowest BCUT2D eigenvalue weighted by Gasteiger charge is -1.97. The zero-order valence-corrected chi connectivity index (χ0v) is 8.99. The molecule has 0 aliphatic heterocycles. The second kappa shape index (κ2) is 4.60. The van der Waals surface area contributed by atoms with Gasteiger partial charge in [0, 0.05) is 0 Å². The maximum absolute atomic E-state index is 8.69. The van der Waals surface area contributed by atoms with Gasteiger partial charge in [0.15, 0.2) is 0 Å². The molecule has 1 aromatic heterocycles. The lowest BCUT2D eigenvalue weighted by atomic mass is 10.1. The van der Waals surface area contributed by atoms with Gasteiger partial charge < -0.3 is 10.3 Å². The van der Waals surface area contributed by atoms with Crippen LogP contribution in [0.2, 0.25) is 0 Å². The van der Waals surface area contributed by atoms with Crippen LogP contribution >= 0.6 is 0 Å². The fraction of sp³-hybridized carbons (Fsp3) is 0.167. The van der Waals surface area contributed by atoms with Gasteiger partial charge in [-0.25, -0.2) is 4.98 Å². The van der Waals surface area contributed by atoms with Gasteiger partial charge >= 0.3 is 0 Å². The zero-order chi connectivity index (χ0) is 11.4. The summed E-state index contributed by atoms with van der Waals surface area (Å²) in [7, 11) is 1.88. The van der Waals surface area contributed by atoms with Crippen LogP contribution in [0.3, 0.4) is 0 Å². The van der Waals surface area contributed by atoms with E-state index in [0.29, 0.717) is 5.56 Å². The number of nitrogens with zero attached hydrogens (tertiary/aromatic N) is 2. The first-order chi connectivity index (χ1) is 7.83. The summed E-state index contributed by atoms with van der Waals surface area (Å²) in [4.78, 5) is 7.45. The molecule has 2 rings (SSSR count). The van der Waals surface area contributed by atoms with E-state index in [4.69, 9.17) is 5.26 Å². The highest BCUT2D eigenvalue weighted by molar-refractivity contribution is 5.59. The standard InChI is InChI=1S/C12H12N4/c1-14-8-12-15-7-11(16-12)10-4-2-9(6-13)3-5-10/h2-5,7,14H,8H2,1H3,(H,15,16). The quantitative estimate of drug-likeness (QED) is 0.813. The Balaban J connectivity index is 2.25. The van der Waals surface area contributed by atoms with Crippen molar-refractivity contribution in [3.05, 3.63) is 41.9 Å². The third-order valence-electron chi connectivity index (χ3n) is 2.30. The molecule has 0 bridgehead atoms. The normalized spacial score (nSPS) is 10.0. The van der Waals surface area contributed by atoms with Crippen molar-refractivity contribution in [3.8, 4) is 17.3 Å². The van der Waals surface area contributed by atoms with Gasteiger partial charge in [-0.05, 0) is 24.7 Å². The van der Waals surface area contributed by atoms with Crippen LogP contribution < -0.4 is 5.32 Å². The van der Waals surface area contributed by atoms with E-state index in [-0.39, 0.29) is 0 Å². The van der Waals surface area contributed by atoms with Crippen LogP contribution in [0.4, 0.5) is 0 Å². The zero-order valence-electron chi connectivity index (χ0n) is 8.99. The van der Waals surface area contributed by atoms with Crippen LogP contribution in [0.15, 0.2) is 30.5 Å². The van der Waals surface area contributed by atoms with Gasteiger partial charge in [0.1, 0.15) is 5.82 Å². The van der Waals surface area contributed by atoms with Crippen molar-refractivity contribution >= 4 is 0 Å². The first-order valence-electron chi connectivity index (χ1n) is 5.02. The van der Waals surface area contributed by atoms with Crippen molar-refractivity contribution in [2.45, 2.75) is 6.54 Å². The van der Waals surface area contributed by atoms with Gasteiger partial charge in [-0.15, -0.1) is 0 Å². The smallest absolute Gasteiger partial charge is 0.120 e. The molecule has 4 nitrogen and oxygen atoms in total. The number of nitrogens with one attached hydrogen (secondary N) is 2. The minimum atomic E-state index is 0.665. The van der Waals surface area contributed by atoms with E-state index in [1.807, 2.05) is 19.2 Å². The van der Waals surface area contributed by atoms with Gasteiger partial charge in [-0.2, -0.15) is 5.26 Å². The number of H-pyrrole nitrogens is 1. The van der Waals surface area contributed by atoms with E-state index in [9.17, 15) is 0 Å². The highest BCUT2D eigenvalue weighted by atomic mass is 15.0. The average molecular weight is 212 g/mol. The minimum absolute atomic E-state index is 0.665. The average Bonchev–Trinajstić information content (AvgIpc) is 2.78. The van der Waals surface area contributed by atoms with Crippen LogP contribution in [-0.4, -0.2) is 17.0 Å². The van der Waals surface area contributed by atoms with E-state index in [0.717, 1.165) is 23.6 Å². The van der Waals surface area contributed by atoms with Crippen LogP contribution in [0, 0.1) is 11.3 Å². The lowest BCUT2D eigenvalue weighted by Crippen LogP contribution is -2.06. The third kappa shape index (κ3) is 2.10. The van der Waals surface area contributed by atoms with Crippen LogP contribution in [0.5, 0.6) is 0 Å². The second-order valence-electron chi connectivity index (χ2n) is 3.46. The predicted octanol–water partition coefficient (Wildman–Crippen LogP) is 1.67. The Bertz CT molecular complexity index is 505. The van der Waals surface area contributed by atoms with Crippen molar-refractivity contribution in [1.29, 1.82) is 5.26 Å². The summed E-state index contributed by atoms with van der Waals surface area (Å²) >= 11 is 0. The largest absolute Gasteiger partial charge is 0.341 e. The van der Waals surface area contributed by atoms with E-state index >= 15 is 0 Å². The predicted molar refractivity (Wildman–Crippen MR) is 61.5 cm³/mol. The monoisotopic (exact) mass is 212 g/mol. The molecule has 0 radical (unpaired) electrons. The minimum Gasteiger partial charge on any atom is -0.341 e. The number of aromatic amines is 1. The number of rotatable bonds is 3. The Labute approximate surface area is 94.0 Å². The Morgan fingerprint density at radius 1 is 1.38 bits per heavy atom. The summed E-state index contributed by atoms with van der Waals surface area (Å²) in [6.07, 6.45) is 1.80. The first kappa shape index (κ1) is 10.4. The maximum atomic E-state index is 8.69. The van der Waals surface area contributed by atoms with Crippen molar-refractivity contribution in [2.75, 3.05) is 7.05 Å². The number of hydrogen-bond donors (Lipinski definition) is 2. The highest BCUT2D eigenvalue weighted by Gasteiger charge is 2.02. The Morgan fingerprint density at radius 2 is 2.12 bits per heavy atom. The maximum Gasteiger partial charge on any atom is 0.120 e. The van der Waals surface area contributed by atoms with Crippen molar-refractivity contribution in [3.63, 3.8) is 0 Å². The summed E-state index contributed by atoms with van der Waals surface area (Å²) in [6.45, 7) is 0.719. The summed E-state index contributed by atoms with van der Waals surface area (Å²) in [5.74, 6) is 0.904. The van der Waals surface area contributed by atoms with E-state index in [2.05, 4.69) is 21.4 Å². The number of benzene rings is 1. The van der Waals surface area contributed by atoms with Crippen LogP contribution in [0.1, 0.15) is 11.4 Å². The Morgan fingerprint density at radius 3 is 2.75 bits per heavy atom. The molecule has 80 valence electrons. The fourth-order valence-corrected chi connectivity index (χ4v) is 1.49. The van der Waals surface area contributed by atoms with Crippen LogP contribution in [0.25, 0.3) is 11.3 Å². The number of aromatic nitrogens is 2. The Kier molecular flexibility index (Phi) is 2.99. The number of imidazole rings is 1.